The molecule has 0 bridgehead atoms. The van der Waals surface area contributed by atoms with E-state index in [1.807, 2.05) is 0 Å². The molecule has 3 rings (SSSR count). The van der Waals surface area contributed by atoms with Gasteiger partial charge in [0, 0.05) is 12.1 Å². The molecule has 1 nitrogen and oxygen atoms in total. The highest BCUT2D eigenvalue weighted by Gasteiger charge is 2.33. The Morgan fingerprint density at radius 3 is 2.38 bits per heavy atom. The Bertz CT molecular complexity index is 598. The van der Waals surface area contributed by atoms with Gasteiger partial charge in [0.2, 0.25) is 0 Å². The third-order valence-corrected chi connectivity index (χ3v) is 4.58. The lowest BCUT2D eigenvalue weighted by Crippen LogP contribution is -2.26. The van der Waals surface area contributed by atoms with Crippen LogP contribution < -0.4 is 5.32 Å². The van der Waals surface area contributed by atoms with Crippen molar-refractivity contribution in [3.05, 3.63) is 70.8 Å². The fourth-order valence-electron chi connectivity index (χ4n) is 3.18. The van der Waals surface area contributed by atoms with E-state index in [0.29, 0.717) is 12.1 Å². The molecule has 0 radical (unpaired) electrons. The van der Waals surface area contributed by atoms with Crippen molar-refractivity contribution in [1.29, 1.82) is 0 Å². The maximum absolute atomic E-state index is 3.88. The standard InChI is InChI=1S/C20H25N/c1-14-9-10-15(2)19(13-14)16(3)21-20(18-11-12-18)17-7-5-4-6-8-17/h4-10,13,16,18,20-21H,11-12H2,1-3H3. The quantitative estimate of drug-likeness (QED) is 0.802. The van der Waals surface area contributed by atoms with Gasteiger partial charge < -0.3 is 5.32 Å². The molecule has 2 unspecified atom stereocenters. The number of nitrogens with one attached hydrogen (secondary N) is 1. The van der Waals surface area contributed by atoms with Crippen LogP contribution in [0.3, 0.4) is 0 Å². The second-order valence-corrected chi connectivity index (χ2v) is 6.47. The highest BCUT2D eigenvalue weighted by molar-refractivity contribution is 5.33. The predicted octanol–water partition coefficient (Wildman–Crippen LogP) is 5.11. The molecule has 0 aliphatic heterocycles. The molecular formula is C20H25N. The zero-order valence-corrected chi connectivity index (χ0v) is 13.3. The van der Waals surface area contributed by atoms with Gasteiger partial charge in [0.1, 0.15) is 0 Å². The molecule has 0 heterocycles. The van der Waals surface area contributed by atoms with Crippen molar-refractivity contribution in [3.8, 4) is 0 Å². The summed E-state index contributed by atoms with van der Waals surface area (Å²) in [5.74, 6) is 0.806. The Labute approximate surface area is 128 Å². The smallest absolute Gasteiger partial charge is 0.0353 e. The van der Waals surface area contributed by atoms with Gasteiger partial charge in [-0.05, 0) is 56.2 Å². The SMILES string of the molecule is Cc1ccc(C)c(C(C)NC(c2ccccc2)C2CC2)c1. The number of hydrogen-bond donors (Lipinski definition) is 1. The molecule has 110 valence electrons. The summed E-state index contributed by atoms with van der Waals surface area (Å²) in [4.78, 5) is 0. The van der Waals surface area contributed by atoms with Crippen molar-refractivity contribution in [2.45, 2.75) is 45.7 Å². The lowest BCUT2D eigenvalue weighted by Gasteiger charge is -2.25. The number of benzene rings is 2. The Balaban J connectivity index is 1.81. The molecule has 1 heteroatoms. The second-order valence-electron chi connectivity index (χ2n) is 6.47. The summed E-state index contributed by atoms with van der Waals surface area (Å²) in [7, 11) is 0. The van der Waals surface area contributed by atoms with Crippen molar-refractivity contribution < 1.29 is 0 Å². The third-order valence-electron chi connectivity index (χ3n) is 4.58. The average Bonchev–Trinajstić information content (AvgIpc) is 3.32. The van der Waals surface area contributed by atoms with E-state index in [9.17, 15) is 0 Å². The zero-order chi connectivity index (χ0) is 14.8. The molecule has 1 aliphatic carbocycles. The summed E-state index contributed by atoms with van der Waals surface area (Å²) >= 11 is 0. The molecule has 0 aromatic heterocycles. The number of rotatable bonds is 5. The molecule has 0 spiro atoms. The molecule has 1 fully saturated rings. The van der Waals surface area contributed by atoms with Gasteiger partial charge in [-0.1, -0.05) is 54.1 Å². The van der Waals surface area contributed by atoms with Crippen LogP contribution in [0.1, 0.15) is 54.1 Å². The van der Waals surface area contributed by atoms with E-state index in [4.69, 9.17) is 0 Å². The van der Waals surface area contributed by atoms with E-state index in [-0.39, 0.29) is 0 Å². The molecule has 1 aliphatic rings. The van der Waals surface area contributed by atoms with Gasteiger partial charge in [-0.15, -0.1) is 0 Å². The normalized spacial score (nSPS) is 17.5. The van der Waals surface area contributed by atoms with Crippen molar-refractivity contribution in [2.75, 3.05) is 0 Å². The Kier molecular flexibility index (Phi) is 4.12. The van der Waals surface area contributed by atoms with Gasteiger partial charge in [-0.3, -0.25) is 0 Å². The molecule has 2 aromatic carbocycles. The number of hydrogen-bond acceptors (Lipinski definition) is 1. The van der Waals surface area contributed by atoms with Gasteiger partial charge in [0.25, 0.3) is 0 Å². The minimum Gasteiger partial charge on any atom is -0.303 e. The topological polar surface area (TPSA) is 12.0 Å². The molecule has 1 N–H and O–H groups in total. The van der Waals surface area contributed by atoms with Crippen LogP contribution in [0.25, 0.3) is 0 Å². The summed E-state index contributed by atoms with van der Waals surface area (Å²) in [6, 6.07) is 18.5. The Morgan fingerprint density at radius 2 is 1.71 bits per heavy atom. The van der Waals surface area contributed by atoms with Crippen LogP contribution in [0.5, 0.6) is 0 Å². The predicted molar refractivity (Wildman–Crippen MR) is 89.4 cm³/mol. The second kappa shape index (κ2) is 6.03. The van der Waals surface area contributed by atoms with E-state index in [2.05, 4.69) is 74.6 Å². The Morgan fingerprint density at radius 1 is 1.00 bits per heavy atom. The first-order chi connectivity index (χ1) is 10.1. The van der Waals surface area contributed by atoms with Crippen molar-refractivity contribution >= 4 is 0 Å². The Hall–Kier alpha value is -1.60. The van der Waals surface area contributed by atoms with Gasteiger partial charge in [-0.2, -0.15) is 0 Å². The fraction of sp³-hybridized carbons (Fsp3) is 0.400. The first kappa shape index (κ1) is 14.3. The van der Waals surface area contributed by atoms with E-state index >= 15 is 0 Å². The van der Waals surface area contributed by atoms with Crippen LogP contribution in [-0.4, -0.2) is 0 Å². The zero-order valence-electron chi connectivity index (χ0n) is 13.3. The van der Waals surface area contributed by atoms with Gasteiger partial charge >= 0.3 is 0 Å². The average molecular weight is 279 g/mol. The van der Waals surface area contributed by atoms with E-state index in [1.54, 1.807) is 0 Å². The van der Waals surface area contributed by atoms with Gasteiger partial charge in [0.15, 0.2) is 0 Å². The van der Waals surface area contributed by atoms with Crippen LogP contribution in [0.2, 0.25) is 0 Å². The first-order valence-corrected chi connectivity index (χ1v) is 8.03. The molecule has 2 atom stereocenters. The highest BCUT2D eigenvalue weighted by Crippen LogP contribution is 2.42. The van der Waals surface area contributed by atoms with Crippen LogP contribution in [-0.2, 0) is 0 Å². The van der Waals surface area contributed by atoms with E-state index in [1.165, 1.54) is 35.1 Å². The van der Waals surface area contributed by atoms with E-state index in [0.717, 1.165) is 5.92 Å². The lowest BCUT2D eigenvalue weighted by atomic mass is 9.96. The van der Waals surface area contributed by atoms with Gasteiger partial charge in [0.05, 0.1) is 0 Å². The molecule has 0 saturated heterocycles. The molecule has 2 aromatic rings. The maximum atomic E-state index is 3.88. The largest absolute Gasteiger partial charge is 0.303 e. The molecule has 0 amide bonds. The van der Waals surface area contributed by atoms with Crippen LogP contribution >= 0.6 is 0 Å². The summed E-state index contributed by atoms with van der Waals surface area (Å²) in [5, 5.41) is 3.88. The van der Waals surface area contributed by atoms with Gasteiger partial charge in [-0.25, -0.2) is 0 Å². The first-order valence-electron chi connectivity index (χ1n) is 8.03. The summed E-state index contributed by atoms with van der Waals surface area (Å²) in [6.07, 6.45) is 2.71. The van der Waals surface area contributed by atoms with Crippen LogP contribution in [0.4, 0.5) is 0 Å². The highest BCUT2D eigenvalue weighted by atomic mass is 15.0. The minimum absolute atomic E-state index is 0.385. The molecule has 21 heavy (non-hydrogen) atoms. The monoisotopic (exact) mass is 279 g/mol. The van der Waals surface area contributed by atoms with Crippen LogP contribution in [0, 0.1) is 19.8 Å². The maximum Gasteiger partial charge on any atom is 0.0353 e. The summed E-state index contributed by atoms with van der Waals surface area (Å²) < 4.78 is 0. The minimum atomic E-state index is 0.385. The summed E-state index contributed by atoms with van der Waals surface area (Å²) in [5.41, 5.74) is 5.57. The van der Waals surface area contributed by atoms with Crippen molar-refractivity contribution in [1.82, 2.24) is 5.32 Å². The number of aryl methyl sites for hydroxylation is 2. The summed E-state index contributed by atoms with van der Waals surface area (Å²) in [6.45, 7) is 6.67. The van der Waals surface area contributed by atoms with Crippen molar-refractivity contribution in [3.63, 3.8) is 0 Å². The van der Waals surface area contributed by atoms with Crippen molar-refractivity contribution in [2.24, 2.45) is 5.92 Å². The lowest BCUT2D eigenvalue weighted by molar-refractivity contribution is 0.426. The van der Waals surface area contributed by atoms with Crippen LogP contribution in [0.15, 0.2) is 48.5 Å². The third kappa shape index (κ3) is 3.36. The molecule has 1 saturated carbocycles. The van der Waals surface area contributed by atoms with E-state index < -0.39 is 0 Å². The molecular weight excluding hydrogens is 254 g/mol. The fourth-order valence-corrected chi connectivity index (χ4v) is 3.18.